The van der Waals surface area contributed by atoms with Crippen LogP contribution >= 0.6 is 0 Å². The van der Waals surface area contributed by atoms with Crippen molar-refractivity contribution < 1.29 is 19.1 Å². The first-order valence-electron chi connectivity index (χ1n) is 6.99. The first-order chi connectivity index (χ1) is 10.2. The van der Waals surface area contributed by atoms with Crippen LogP contribution in [0, 0.1) is 0 Å². The SMILES string of the molecule is COCCNC(=O)COc1ccc(N2CCCC2=O)cc1. The van der Waals surface area contributed by atoms with Gasteiger partial charge in [0.15, 0.2) is 6.61 Å². The maximum Gasteiger partial charge on any atom is 0.258 e. The molecule has 2 rings (SSSR count). The molecule has 0 radical (unpaired) electrons. The predicted octanol–water partition coefficient (Wildman–Crippen LogP) is 0.955. The van der Waals surface area contributed by atoms with Crippen LogP contribution in [0.1, 0.15) is 12.8 Å². The standard InChI is InChI=1S/C15H20N2O4/c1-20-10-8-16-14(18)11-21-13-6-4-12(5-7-13)17-9-2-3-15(17)19/h4-7H,2-3,8-11H2,1H3,(H,16,18). The quantitative estimate of drug-likeness (QED) is 0.760. The molecule has 1 heterocycles. The number of anilines is 1. The number of hydrogen-bond acceptors (Lipinski definition) is 4. The minimum absolute atomic E-state index is 0.0360. The number of carbonyl (C=O) groups is 2. The Morgan fingerprint density at radius 3 is 2.71 bits per heavy atom. The number of benzene rings is 1. The molecule has 0 bridgehead atoms. The van der Waals surface area contributed by atoms with Gasteiger partial charge in [0.05, 0.1) is 6.61 Å². The zero-order chi connectivity index (χ0) is 15.1. The Bertz CT molecular complexity index is 487. The normalized spacial score (nSPS) is 14.3. The molecule has 2 amide bonds. The Kier molecular flexibility index (Phi) is 5.57. The van der Waals surface area contributed by atoms with Crippen molar-refractivity contribution in [2.45, 2.75) is 12.8 Å². The van der Waals surface area contributed by atoms with Crippen LogP contribution in [0.4, 0.5) is 5.69 Å². The van der Waals surface area contributed by atoms with E-state index >= 15 is 0 Å². The van der Waals surface area contributed by atoms with Gasteiger partial charge in [-0.05, 0) is 30.7 Å². The molecule has 114 valence electrons. The van der Waals surface area contributed by atoms with Crippen LogP contribution in [0.25, 0.3) is 0 Å². The van der Waals surface area contributed by atoms with Crippen LogP contribution in [0.15, 0.2) is 24.3 Å². The molecule has 1 N–H and O–H groups in total. The van der Waals surface area contributed by atoms with E-state index in [1.54, 1.807) is 24.1 Å². The third kappa shape index (κ3) is 4.46. The topological polar surface area (TPSA) is 67.9 Å². The van der Waals surface area contributed by atoms with E-state index in [0.717, 1.165) is 18.7 Å². The molecule has 0 atom stereocenters. The van der Waals surface area contributed by atoms with Crippen molar-refractivity contribution in [1.29, 1.82) is 0 Å². The molecule has 6 nitrogen and oxygen atoms in total. The molecule has 1 aromatic carbocycles. The highest BCUT2D eigenvalue weighted by Gasteiger charge is 2.21. The van der Waals surface area contributed by atoms with Gasteiger partial charge in [-0.15, -0.1) is 0 Å². The van der Waals surface area contributed by atoms with Crippen molar-refractivity contribution in [2.24, 2.45) is 0 Å². The maximum atomic E-state index is 11.6. The van der Waals surface area contributed by atoms with Crippen molar-refractivity contribution in [1.82, 2.24) is 5.32 Å². The first-order valence-corrected chi connectivity index (χ1v) is 6.99. The summed E-state index contributed by atoms with van der Waals surface area (Å²) in [6, 6.07) is 7.20. The summed E-state index contributed by atoms with van der Waals surface area (Å²) in [6.45, 7) is 1.67. The number of amides is 2. The van der Waals surface area contributed by atoms with E-state index in [1.807, 2.05) is 12.1 Å². The van der Waals surface area contributed by atoms with E-state index in [-0.39, 0.29) is 18.4 Å². The summed E-state index contributed by atoms with van der Waals surface area (Å²) in [5, 5.41) is 2.67. The van der Waals surface area contributed by atoms with Gasteiger partial charge in [-0.1, -0.05) is 0 Å². The Labute approximate surface area is 124 Å². The second-order valence-electron chi connectivity index (χ2n) is 4.77. The molecule has 0 aromatic heterocycles. The molecule has 1 fully saturated rings. The Balaban J connectivity index is 1.80. The van der Waals surface area contributed by atoms with E-state index in [2.05, 4.69) is 5.32 Å². The van der Waals surface area contributed by atoms with E-state index < -0.39 is 0 Å². The average Bonchev–Trinajstić information content (AvgIpc) is 2.92. The summed E-state index contributed by atoms with van der Waals surface area (Å²) in [7, 11) is 1.58. The number of nitrogens with zero attached hydrogens (tertiary/aromatic N) is 1. The molecular formula is C15H20N2O4. The molecule has 6 heteroatoms. The first kappa shape index (κ1) is 15.3. The van der Waals surface area contributed by atoms with Crippen LogP contribution in [0.5, 0.6) is 5.75 Å². The minimum atomic E-state index is -0.189. The van der Waals surface area contributed by atoms with Gasteiger partial charge in [-0.3, -0.25) is 9.59 Å². The van der Waals surface area contributed by atoms with Crippen molar-refractivity contribution in [3.63, 3.8) is 0 Å². The van der Waals surface area contributed by atoms with Gasteiger partial charge in [0.1, 0.15) is 5.75 Å². The van der Waals surface area contributed by atoms with E-state index in [9.17, 15) is 9.59 Å². The lowest BCUT2D eigenvalue weighted by atomic mass is 10.3. The summed E-state index contributed by atoms with van der Waals surface area (Å²) in [6.07, 6.45) is 1.51. The Hall–Kier alpha value is -2.08. The summed E-state index contributed by atoms with van der Waals surface area (Å²) in [4.78, 5) is 24.9. The van der Waals surface area contributed by atoms with Crippen LogP contribution in [0.2, 0.25) is 0 Å². The summed E-state index contributed by atoms with van der Waals surface area (Å²) < 4.78 is 10.2. The van der Waals surface area contributed by atoms with Crippen LogP contribution in [-0.2, 0) is 14.3 Å². The molecule has 0 spiro atoms. The lowest BCUT2D eigenvalue weighted by Crippen LogP contribution is -2.31. The zero-order valence-electron chi connectivity index (χ0n) is 12.1. The molecular weight excluding hydrogens is 272 g/mol. The molecule has 1 aliphatic rings. The molecule has 0 saturated carbocycles. The predicted molar refractivity (Wildman–Crippen MR) is 78.4 cm³/mol. The van der Waals surface area contributed by atoms with Crippen molar-refractivity contribution >= 4 is 17.5 Å². The van der Waals surface area contributed by atoms with Gasteiger partial charge in [0.25, 0.3) is 5.91 Å². The number of rotatable bonds is 7. The highest BCUT2D eigenvalue weighted by Crippen LogP contribution is 2.23. The lowest BCUT2D eigenvalue weighted by Gasteiger charge is -2.16. The molecule has 1 aromatic rings. The Morgan fingerprint density at radius 1 is 1.33 bits per heavy atom. The number of carbonyl (C=O) groups excluding carboxylic acids is 2. The van der Waals surface area contributed by atoms with Crippen molar-refractivity contribution in [3.05, 3.63) is 24.3 Å². The fourth-order valence-electron chi connectivity index (χ4n) is 2.14. The number of nitrogens with one attached hydrogen (secondary N) is 1. The van der Waals surface area contributed by atoms with E-state index in [4.69, 9.17) is 9.47 Å². The maximum absolute atomic E-state index is 11.6. The van der Waals surface area contributed by atoms with Gasteiger partial charge in [0, 0.05) is 32.3 Å². The van der Waals surface area contributed by atoms with Gasteiger partial charge < -0.3 is 19.7 Å². The molecule has 1 aliphatic heterocycles. The van der Waals surface area contributed by atoms with Gasteiger partial charge in [-0.2, -0.15) is 0 Å². The number of methoxy groups -OCH3 is 1. The third-order valence-electron chi connectivity index (χ3n) is 3.22. The van der Waals surface area contributed by atoms with E-state index in [0.29, 0.717) is 25.3 Å². The number of ether oxygens (including phenoxy) is 2. The molecule has 21 heavy (non-hydrogen) atoms. The van der Waals surface area contributed by atoms with Gasteiger partial charge in [0.2, 0.25) is 5.91 Å². The smallest absolute Gasteiger partial charge is 0.258 e. The second-order valence-corrected chi connectivity index (χ2v) is 4.77. The zero-order valence-corrected chi connectivity index (χ0v) is 12.1. The third-order valence-corrected chi connectivity index (χ3v) is 3.22. The van der Waals surface area contributed by atoms with Crippen LogP contribution < -0.4 is 15.0 Å². The van der Waals surface area contributed by atoms with E-state index in [1.165, 1.54) is 0 Å². The van der Waals surface area contributed by atoms with Crippen LogP contribution in [-0.4, -0.2) is 45.2 Å². The highest BCUT2D eigenvalue weighted by atomic mass is 16.5. The minimum Gasteiger partial charge on any atom is -0.484 e. The lowest BCUT2D eigenvalue weighted by molar-refractivity contribution is -0.123. The van der Waals surface area contributed by atoms with Crippen molar-refractivity contribution in [2.75, 3.05) is 38.3 Å². The second kappa shape index (κ2) is 7.64. The summed E-state index contributed by atoms with van der Waals surface area (Å²) in [5.41, 5.74) is 0.870. The van der Waals surface area contributed by atoms with Crippen molar-refractivity contribution in [3.8, 4) is 5.75 Å². The average molecular weight is 292 g/mol. The van der Waals surface area contributed by atoms with Crippen LogP contribution in [0.3, 0.4) is 0 Å². The van der Waals surface area contributed by atoms with Gasteiger partial charge >= 0.3 is 0 Å². The van der Waals surface area contributed by atoms with Gasteiger partial charge in [-0.25, -0.2) is 0 Å². The fraction of sp³-hybridized carbons (Fsp3) is 0.467. The number of hydrogen-bond donors (Lipinski definition) is 1. The Morgan fingerprint density at radius 2 is 2.10 bits per heavy atom. The summed E-state index contributed by atoms with van der Waals surface area (Å²) in [5.74, 6) is 0.569. The largest absolute Gasteiger partial charge is 0.484 e. The molecule has 1 saturated heterocycles. The molecule has 0 aliphatic carbocycles. The highest BCUT2D eigenvalue weighted by molar-refractivity contribution is 5.95. The summed E-state index contributed by atoms with van der Waals surface area (Å²) >= 11 is 0. The molecule has 0 unspecified atom stereocenters. The monoisotopic (exact) mass is 292 g/mol. The fourth-order valence-corrected chi connectivity index (χ4v) is 2.14.